The molecule has 1 aliphatic heterocycles. The Labute approximate surface area is 178 Å². The van der Waals surface area contributed by atoms with Crippen molar-refractivity contribution in [3.05, 3.63) is 57.6 Å². The zero-order chi connectivity index (χ0) is 21.1. The molecule has 6 nitrogen and oxygen atoms in total. The van der Waals surface area contributed by atoms with Crippen LogP contribution >= 0.6 is 23.2 Å². The maximum atomic E-state index is 12.4. The average Bonchev–Trinajstić information content (AvgIpc) is 3.06. The molecule has 29 heavy (non-hydrogen) atoms. The summed E-state index contributed by atoms with van der Waals surface area (Å²) >= 11 is 12.2. The van der Waals surface area contributed by atoms with E-state index < -0.39 is 24.4 Å². The van der Waals surface area contributed by atoms with Crippen molar-refractivity contribution < 1.29 is 19.1 Å². The summed E-state index contributed by atoms with van der Waals surface area (Å²) in [4.78, 5) is 38.2. The molecule has 1 fully saturated rings. The maximum Gasteiger partial charge on any atom is 0.311 e. The SMILES string of the molecule is Cc1ccc(C)c(NC(=O)COC(=O)[C@H]2CC(=O)N(c3cccc(Cl)c3Cl)C2)c1. The van der Waals surface area contributed by atoms with Crippen molar-refractivity contribution in [2.75, 3.05) is 23.4 Å². The van der Waals surface area contributed by atoms with Gasteiger partial charge in [-0.05, 0) is 43.2 Å². The lowest BCUT2D eigenvalue weighted by molar-refractivity contribution is -0.151. The van der Waals surface area contributed by atoms with Gasteiger partial charge in [-0.25, -0.2) is 0 Å². The van der Waals surface area contributed by atoms with E-state index in [9.17, 15) is 14.4 Å². The fraction of sp³-hybridized carbons (Fsp3) is 0.286. The second-order valence-electron chi connectivity index (χ2n) is 6.95. The first-order chi connectivity index (χ1) is 13.8. The molecule has 0 saturated carbocycles. The normalized spacial score (nSPS) is 16.1. The molecule has 1 atom stereocenters. The molecule has 2 amide bonds. The molecule has 1 heterocycles. The number of hydrogen-bond donors (Lipinski definition) is 1. The van der Waals surface area contributed by atoms with Gasteiger partial charge < -0.3 is 15.0 Å². The van der Waals surface area contributed by atoms with E-state index in [0.29, 0.717) is 16.4 Å². The molecule has 0 aliphatic carbocycles. The number of amides is 2. The predicted octanol–water partition coefficient (Wildman–Crippen LogP) is 4.15. The number of anilines is 2. The number of carbonyl (C=O) groups is 3. The van der Waals surface area contributed by atoms with Gasteiger partial charge in [0.05, 0.1) is 21.7 Å². The Morgan fingerprint density at radius 1 is 1.21 bits per heavy atom. The number of nitrogens with one attached hydrogen (secondary N) is 1. The number of rotatable bonds is 5. The van der Waals surface area contributed by atoms with Gasteiger partial charge in [0.2, 0.25) is 5.91 Å². The van der Waals surface area contributed by atoms with Gasteiger partial charge in [-0.1, -0.05) is 41.4 Å². The van der Waals surface area contributed by atoms with E-state index in [1.54, 1.807) is 18.2 Å². The van der Waals surface area contributed by atoms with Crippen LogP contribution in [0.3, 0.4) is 0 Å². The standard InChI is InChI=1S/C21H20Cl2N2O4/c1-12-6-7-13(2)16(8-12)24-18(26)11-29-21(28)14-9-19(27)25(10-14)17-5-3-4-15(22)20(17)23/h3-8,14H,9-11H2,1-2H3,(H,24,26)/t14-/m0/s1. The van der Waals surface area contributed by atoms with Gasteiger partial charge in [-0.15, -0.1) is 0 Å². The van der Waals surface area contributed by atoms with Crippen LogP contribution in [0.4, 0.5) is 11.4 Å². The van der Waals surface area contributed by atoms with Gasteiger partial charge in [0.1, 0.15) is 0 Å². The summed E-state index contributed by atoms with van der Waals surface area (Å²) in [5.41, 5.74) is 3.04. The summed E-state index contributed by atoms with van der Waals surface area (Å²) in [7, 11) is 0. The molecule has 1 saturated heterocycles. The number of carbonyl (C=O) groups excluding carboxylic acids is 3. The molecule has 0 unspecified atom stereocenters. The van der Waals surface area contributed by atoms with Crippen LogP contribution < -0.4 is 10.2 Å². The molecule has 2 aromatic carbocycles. The zero-order valence-corrected chi connectivity index (χ0v) is 17.5. The van der Waals surface area contributed by atoms with E-state index in [2.05, 4.69) is 5.32 Å². The van der Waals surface area contributed by atoms with Crippen LogP contribution in [0.5, 0.6) is 0 Å². The Balaban J connectivity index is 1.57. The Bertz CT molecular complexity index is 977. The average molecular weight is 435 g/mol. The molecule has 152 valence electrons. The quantitative estimate of drug-likeness (QED) is 0.717. The highest BCUT2D eigenvalue weighted by molar-refractivity contribution is 6.44. The van der Waals surface area contributed by atoms with Crippen LogP contribution in [-0.2, 0) is 19.1 Å². The summed E-state index contributed by atoms with van der Waals surface area (Å²) in [6, 6.07) is 10.7. The number of aryl methyl sites for hydroxylation is 2. The summed E-state index contributed by atoms with van der Waals surface area (Å²) in [5, 5.41) is 3.31. The van der Waals surface area contributed by atoms with Crippen LogP contribution in [0.1, 0.15) is 17.5 Å². The molecule has 0 aromatic heterocycles. The lowest BCUT2D eigenvalue weighted by atomic mass is 10.1. The maximum absolute atomic E-state index is 12.4. The third kappa shape index (κ3) is 4.89. The Morgan fingerprint density at radius 3 is 2.72 bits per heavy atom. The number of esters is 1. The molecule has 8 heteroatoms. The van der Waals surface area contributed by atoms with Crippen molar-refractivity contribution in [1.82, 2.24) is 0 Å². The summed E-state index contributed by atoms with van der Waals surface area (Å²) in [5.74, 6) is -1.97. The van der Waals surface area contributed by atoms with E-state index in [1.807, 2.05) is 32.0 Å². The highest BCUT2D eigenvalue weighted by Gasteiger charge is 2.37. The van der Waals surface area contributed by atoms with Gasteiger partial charge in [0, 0.05) is 18.7 Å². The van der Waals surface area contributed by atoms with Crippen molar-refractivity contribution >= 4 is 52.4 Å². The van der Waals surface area contributed by atoms with Crippen LogP contribution in [0.25, 0.3) is 0 Å². The smallest absolute Gasteiger partial charge is 0.311 e. The number of hydrogen-bond acceptors (Lipinski definition) is 4. The van der Waals surface area contributed by atoms with E-state index in [-0.39, 0.29) is 23.9 Å². The topological polar surface area (TPSA) is 75.7 Å². The van der Waals surface area contributed by atoms with Crippen molar-refractivity contribution in [2.24, 2.45) is 5.92 Å². The van der Waals surface area contributed by atoms with Crippen LogP contribution in [0.15, 0.2) is 36.4 Å². The first-order valence-corrected chi connectivity index (χ1v) is 9.80. The van der Waals surface area contributed by atoms with E-state index in [1.165, 1.54) is 4.90 Å². The third-order valence-corrected chi connectivity index (χ3v) is 5.50. The molecule has 0 radical (unpaired) electrons. The first-order valence-electron chi connectivity index (χ1n) is 9.04. The zero-order valence-electron chi connectivity index (χ0n) is 16.0. The number of benzene rings is 2. The van der Waals surface area contributed by atoms with Crippen molar-refractivity contribution in [2.45, 2.75) is 20.3 Å². The minimum absolute atomic E-state index is 0.0136. The lowest BCUT2D eigenvalue weighted by Gasteiger charge is -2.18. The Hall–Kier alpha value is -2.57. The minimum Gasteiger partial charge on any atom is -0.455 e. The van der Waals surface area contributed by atoms with Gasteiger partial charge in [0.25, 0.3) is 5.91 Å². The van der Waals surface area contributed by atoms with Crippen LogP contribution in [0.2, 0.25) is 10.0 Å². The molecule has 0 bridgehead atoms. The second-order valence-corrected chi connectivity index (χ2v) is 7.74. The molecule has 1 aliphatic rings. The Kier molecular flexibility index (Phi) is 6.45. The van der Waals surface area contributed by atoms with E-state index in [4.69, 9.17) is 27.9 Å². The number of halogens is 2. The second kappa shape index (κ2) is 8.84. The van der Waals surface area contributed by atoms with Gasteiger partial charge in [-0.2, -0.15) is 0 Å². The first kappa shape index (κ1) is 21.1. The molecular weight excluding hydrogens is 415 g/mol. The monoisotopic (exact) mass is 434 g/mol. The summed E-state index contributed by atoms with van der Waals surface area (Å²) < 4.78 is 5.13. The molecule has 1 N–H and O–H groups in total. The largest absolute Gasteiger partial charge is 0.455 e. The fourth-order valence-corrected chi connectivity index (χ4v) is 3.51. The predicted molar refractivity (Wildman–Crippen MR) is 112 cm³/mol. The minimum atomic E-state index is -0.675. The molecule has 0 spiro atoms. The summed E-state index contributed by atoms with van der Waals surface area (Å²) in [6.07, 6.45) is -0.0136. The van der Waals surface area contributed by atoms with Gasteiger partial charge in [0.15, 0.2) is 6.61 Å². The van der Waals surface area contributed by atoms with Gasteiger partial charge in [-0.3, -0.25) is 14.4 Å². The lowest BCUT2D eigenvalue weighted by Crippen LogP contribution is -2.28. The van der Waals surface area contributed by atoms with Crippen molar-refractivity contribution in [3.63, 3.8) is 0 Å². The number of nitrogens with zero attached hydrogens (tertiary/aromatic N) is 1. The fourth-order valence-electron chi connectivity index (χ4n) is 3.11. The molecule has 3 rings (SSSR count). The highest BCUT2D eigenvalue weighted by atomic mass is 35.5. The molecular formula is C21H20Cl2N2O4. The van der Waals surface area contributed by atoms with Crippen molar-refractivity contribution in [3.8, 4) is 0 Å². The molecule has 2 aromatic rings. The van der Waals surface area contributed by atoms with Gasteiger partial charge >= 0.3 is 5.97 Å². The van der Waals surface area contributed by atoms with Crippen LogP contribution in [0, 0.1) is 19.8 Å². The van der Waals surface area contributed by atoms with Crippen molar-refractivity contribution in [1.29, 1.82) is 0 Å². The highest BCUT2D eigenvalue weighted by Crippen LogP contribution is 2.35. The number of ether oxygens (including phenoxy) is 1. The van der Waals surface area contributed by atoms with E-state index in [0.717, 1.165) is 11.1 Å². The Morgan fingerprint density at radius 2 is 1.97 bits per heavy atom. The summed E-state index contributed by atoms with van der Waals surface area (Å²) in [6.45, 7) is 3.50. The van der Waals surface area contributed by atoms with E-state index >= 15 is 0 Å². The third-order valence-electron chi connectivity index (χ3n) is 4.69. The van der Waals surface area contributed by atoms with Crippen LogP contribution in [-0.4, -0.2) is 30.9 Å².